The van der Waals surface area contributed by atoms with Gasteiger partial charge in [0.25, 0.3) is 0 Å². The van der Waals surface area contributed by atoms with E-state index in [1.54, 1.807) is 0 Å². The van der Waals surface area contributed by atoms with Gasteiger partial charge in [0.1, 0.15) is 0 Å². The van der Waals surface area contributed by atoms with Gasteiger partial charge in [-0.1, -0.05) is 0 Å². The number of ether oxygens (including phenoxy) is 1. The molecule has 0 amide bonds. The largest absolute Gasteiger partial charge is 0.316 e. The maximum absolute atomic E-state index is 7.51. The topological polar surface area (TPSA) is 68.2 Å². The van der Waals surface area contributed by atoms with Crippen LogP contribution in [0.3, 0.4) is 0 Å². The summed E-state index contributed by atoms with van der Waals surface area (Å²) < 4.78 is 4.06. The minimum Gasteiger partial charge on any atom is -0.316 e. The van der Waals surface area contributed by atoms with E-state index in [0.29, 0.717) is 6.79 Å². The Morgan fingerprint density at radius 2 is 2.14 bits per heavy atom. The Morgan fingerprint density at radius 3 is 2.57 bits per heavy atom. The molecule has 0 rings (SSSR count). The predicted molar refractivity (Wildman–Crippen MR) is 17.7 cm³/mol. The Labute approximate surface area is 39.9 Å². The molecule has 5 heteroatoms. The lowest BCUT2D eigenvalue weighted by Gasteiger charge is -1.92. The van der Waals surface area contributed by atoms with Crippen LogP contribution < -0.4 is 0 Å². The van der Waals surface area contributed by atoms with Crippen molar-refractivity contribution >= 4 is 0 Å². The summed E-state index contributed by atoms with van der Waals surface area (Å²) in [6.45, 7) is 0.247. The molecule has 0 saturated carbocycles. The molecule has 0 heterocycles. The zero-order valence-electron chi connectivity index (χ0n) is 3.40. The molecule has 43 valence electrons. The predicted octanol–water partition coefficient (Wildman–Crippen LogP) is 0.0590. The maximum Gasteiger partial charge on any atom is 0.247 e. The minimum atomic E-state index is -0.361. The van der Waals surface area contributed by atoms with Crippen molar-refractivity contribution in [3.8, 4) is 0 Å². The van der Waals surface area contributed by atoms with Crippen molar-refractivity contribution in [2.24, 2.45) is 0 Å². The van der Waals surface area contributed by atoms with Gasteiger partial charge in [-0.15, -0.1) is 0 Å². The minimum absolute atomic E-state index is 0.361. The highest BCUT2D eigenvalue weighted by Crippen LogP contribution is 1.78. The Hall–Kier alpha value is -0.200. The van der Waals surface area contributed by atoms with E-state index in [1.165, 1.54) is 0 Å². The molecule has 0 aromatic heterocycles. The fourth-order valence-corrected chi connectivity index (χ4v) is 0.0886. The Morgan fingerprint density at radius 1 is 1.43 bits per heavy atom. The molecule has 0 atom stereocenters. The number of hydrogen-bond acceptors (Lipinski definition) is 5. The van der Waals surface area contributed by atoms with Gasteiger partial charge < -0.3 is 4.74 Å². The summed E-state index contributed by atoms with van der Waals surface area (Å²) in [6.07, 6.45) is 0. The second-order valence-corrected chi connectivity index (χ2v) is 0.615. The SMILES string of the molecule is OO[CH]OCOO. The fourth-order valence-electron chi connectivity index (χ4n) is 0.0886. The van der Waals surface area contributed by atoms with Gasteiger partial charge >= 0.3 is 0 Å². The van der Waals surface area contributed by atoms with E-state index in [0.717, 1.165) is 0 Å². The average Bonchev–Trinajstić information content (AvgIpc) is 1.69. The quantitative estimate of drug-likeness (QED) is 0.231. The molecule has 7 heavy (non-hydrogen) atoms. The van der Waals surface area contributed by atoms with Crippen molar-refractivity contribution in [3.63, 3.8) is 0 Å². The normalized spacial score (nSPS) is 9.43. The van der Waals surface area contributed by atoms with Gasteiger partial charge in [-0.2, -0.15) is 0 Å². The molecule has 0 aromatic carbocycles. The smallest absolute Gasteiger partial charge is 0.247 e. The lowest BCUT2D eigenvalue weighted by Crippen LogP contribution is -1.94. The van der Waals surface area contributed by atoms with E-state index in [4.69, 9.17) is 10.5 Å². The third kappa shape index (κ3) is 5.80. The van der Waals surface area contributed by atoms with E-state index in [2.05, 4.69) is 14.5 Å². The van der Waals surface area contributed by atoms with Gasteiger partial charge in [-0.05, 0) is 0 Å². The van der Waals surface area contributed by atoms with E-state index in [1.807, 2.05) is 0 Å². The van der Waals surface area contributed by atoms with Crippen molar-refractivity contribution < 1.29 is 25.0 Å². The van der Waals surface area contributed by atoms with Crippen molar-refractivity contribution in [2.45, 2.75) is 0 Å². The van der Waals surface area contributed by atoms with Crippen LogP contribution in [0.2, 0.25) is 0 Å². The molecule has 0 unspecified atom stereocenters. The summed E-state index contributed by atoms with van der Waals surface area (Å²) in [6, 6.07) is 0. The van der Waals surface area contributed by atoms with E-state index < -0.39 is 0 Å². The second-order valence-electron chi connectivity index (χ2n) is 0.615. The van der Waals surface area contributed by atoms with Gasteiger partial charge in [-0.3, -0.25) is 0 Å². The van der Waals surface area contributed by atoms with Crippen LogP contribution in [0.5, 0.6) is 0 Å². The third-order valence-corrected chi connectivity index (χ3v) is 0.232. The first-order valence-corrected chi connectivity index (χ1v) is 1.41. The fraction of sp³-hybridized carbons (Fsp3) is 0.500. The molecular formula is C2H5O5. The van der Waals surface area contributed by atoms with Gasteiger partial charge in [0.15, 0.2) is 6.79 Å². The molecule has 0 spiro atoms. The summed E-state index contributed by atoms with van der Waals surface area (Å²) in [5.74, 6) is 0. The zero-order valence-corrected chi connectivity index (χ0v) is 3.40. The highest BCUT2D eigenvalue weighted by Gasteiger charge is 1.81. The zero-order chi connectivity index (χ0) is 5.54. The van der Waals surface area contributed by atoms with Crippen LogP contribution in [0.1, 0.15) is 0 Å². The van der Waals surface area contributed by atoms with Crippen LogP contribution in [-0.2, 0) is 14.5 Å². The van der Waals surface area contributed by atoms with Gasteiger partial charge in [0.05, 0.1) is 0 Å². The van der Waals surface area contributed by atoms with Crippen LogP contribution in [0, 0.1) is 6.79 Å². The molecule has 0 bridgehead atoms. The lowest BCUT2D eigenvalue weighted by molar-refractivity contribution is -0.323. The maximum atomic E-state index is 7.51. The molecule has 1 radical (unpaired) electrons. The standard InChI is InChI=1S/C2H5O5/c3-6-1-5-2-7-4/h1,3-4H,2H2. The van der Waals surface area contributed by atoms with Crippen molar-refractivity contribution in [3.05, 3.63) is 6.79 Å². The first kappa shape index (κ1) is 6.80. The van der Waals surface area contributed by atoms with E-state index >= 15 is 0 Å². The highest BCUT2D eigenvalue weighted by molar-refractivity contribution is 4.11. The molecular weight excluding hydrogens is 104 g/mol. The molecule has 0 fully saturated rings. The first-order valence-electron chi connectivity index (χ1n) is 1.41. The summed E-state index contributed by atoms with van der Waals surface area (Å²) in [5.41, 5.74) is 0. The lowest BCUT2D eigenvalue weighted by atomic mass is 11.4. The van der Waals surface area contributed by atoms with E-state index in [9.17, 15) is 0 Å². The van der Waals surface area contributed by atoms with Crippen LogP contribution in [-0.4, -0.2) is 17.3 Å². The molecule has 0 aromatic rings. The third-order valence-electron chi connectivity index (χ3n) is 0.232. The molecule has 0 aliphatic heterocycles. The summed E-state index contributed by atoms with van der Waals surface area (Å²) >= 11 is 0. The highest BCUT2D eigenvalue weighted by atomic mass is 17.2. The number of hydrogen-bond donors (Lipinski definition) is 2. The van der Waals surface area contributed by atoms with Crippen molar-refractivity contribution in [1.82, 2.24) is 0 Å². The van der Waals surface area contributed by atoms with Crippen molar-refractivity contribution in [2.75, 3.05) is 6.79 Å². The first-order chi connectivity index (χ1) is 3.41. The Balaban J connectivity index is 2.45. The van der Waals surface area contributed by atoms with Gasteiger partial charge in [-0.25, -0.2) is 20.3 Å². The molecule has 5 nitrogen and oxygen atoms in total. The monoisotopic (exact) mass is 109 g/mol. The van der Waals surface area contributed by atoms with E-state index in [-0.39, 0.29) is 6.79 Å². The summed E-state index contributed by atoms with van der Waals surface area (Å²) in [5, 5.41) is 15.0. The summed E-state index contributed by atoms with van der Waals surface area (Å²) in [4.78, 5) is 6.70. The van der Waals surface area contributed by atoms with Crippen LogP contribution in [0.25, 0.3) is 0 Å². The van der Waals surface area contributed by atoms with Crippen LogP contribution >= 0.6 is 0 Å². The summed E-state index contributed by atoms with van der Waals surface area (Å²) in [7, 11) is 0. The van der Waals surface area contributed by atoms with Crippen LogP contribution in [0.15, 0.2) is 0 Å². The van der Waals surface area contributed by atoms with Gasteiger partial charge in [0.2, 0.25) is 6.79 Å². The Bertz CT molecular complexity index is 25.3. The number of rotatable bonds is 4. The molecule has 0 aliphatic rings. The average molecular weight is 109 g/mol. The second kappa shape index (κ2) is 5.80. The molecule has 0 saturated heterocycles. The van der Waals surface area contributed by atoms with Gasteiger partial charge in [0, 0.05) is 0 Å². The van der Waals surface area contributed by atoms with Crippen molar-refractivity contribution in [1.29, 1.82) is 0 Å². The van der Waals surface area contributed by atoms with Crippen LogP contribution in [0.4, 0.5) is 0 Å². The molecule has 0 aliphatic carbocycles. The Kier molecular flexibility index (Phi) is 5.63. The molecule has 2 N–H and O–H groups in total.